The number of nitrogens with zero attached hydrogens (tertiary/aromatic N) is 1. The van der Waals surface area contributed by atoms with Crippen LogP contribution in [0.5, 0.6) is 5.75 Å². The van der Waals surface area contributed by atoms with E-state index in [0.29, 0.717) is 32.1 Å². The number of anilines is 1. The molecule has 0 aromatic heterocycles. The Bertz CT molecular complexity index is 1190. The Balaban J connectivity index is 1.88. The van der Waals surface area contributed by atoms with Crippen LogP contribution in [0.2, 0.25) is 20.1 Å². The number of amides is 1. The summed E-state index contributed by atoms with van der Waals surface area (Å²) in [6, 6.07) is 18.7. The van der Waals surface area contributed by atoms with Gasteiger partial charge in [-0.15, -0.1) is 0 Å². The minimum Gasteiger partial charge on any atom is -0.487 e. The Hall–Kier alpha value is -2.68. The molecule has 3 aromatic rings. The molecule has 0 bridgehead atoms. The molecule has 0 unspecified atom stereocenters. The topological polar surface area (TPSA) is 62.1 Å². The standard InChI is InChI=1S/C23H14Cl4N2O2/c24-17-6-4-14(5-7-17)13-31-22-15(9-19(26)11-21(22)27)8-16(12-28)23(30)29-20-3-1-2-18(25)10-20/h1-11H,13H2,(H,29,30)/b16-8+. The highest BCUT2D eigenvalue weighted by Gasteiger charge is 2.15. The van der Waals surface area contributed by atoms with Crippen LogP contribution >= 0.6 is 46.4 Å². The Morgan fingerprint density at radius 2 is 1.71 bits per heavy atom. The van der Waals surface area contributed by atoms with E-state index in [-0.39, 0.29) is 17.2 Å². The van der Waals surface area contributed by atoms with E-state index < -0.39 is 5.91 Å². The van der Waals surface area contributed by atoms with E-state index in [2.05, 4.69) is 5.32 Å². The normalized spacial score (nSPS) is 11.0. The Morgan fingerprint density at radius 1 is 0.968 bits per heavy atom. The minimum absolute atomic E-state index is 0.158. The molecule has 8 heteroatoms. The zero-order valence-corrected chi connectivity index (χ0v) is 18.9. The van der Waals surface area contributed by atoms with E-state index in [0.717, 1.165) is 5.56 Å². The molecule has 0 saturated heterocycles. The zero-order valence-electron chi connectivity index (χ0n) is 15.8. The molecule has 0 aliphatic heterocycles. The first-order valence-electron chi connectivity index (χ1n) is 8.90. The van der Waals surface area contributed by atoms with Crippen molar-refractivity contribution in [3.8, 4) is 11.8 Å². The molecule has 0 saturated carbocycles. The number of ether oxygens (including phenoxy) is 1. The van der Waals surface area contributed by atoms with Crippen molar-refractivity contribution in [3.63, 3.8) is 0 Å². The van der Waals surface area contributed by atoms with Crippen LogP contribution in [0.15, 0.2) is 66.2 Å². The lowest BCUT2D eigenvalue weighted by Gasteiger charge is -2.13. The number of benzene rings is 3. The first kappa shape index (κ1) is 23.0. The largest absolute Gasteiger partial charge is 0.487 e. The summed E-state index contributed by atoms with van der Waals surface area (Å²) in [5.74, 6) is -0.311. The molecule has 0 radical (unpaired) electrons. The average Bonchev–Trinajstić information content (AvgIpc) is 2.72. The Kier molecular flexibility index (Phi) is 7.84. The van der Waals surface area contributed by atoms with E-state index in [4.69, 9.17) is 51.1 Å². The van der Waals surface area contributed by atoms with Gasteiger partial charge in [0.05, 0.1) is 5.02 Å². The zero-order chi connectivity index (χ0) is 22.4. The van der Waals surface area contributed by atoms with Gasteiger partial charge >= 0.3 is 0 Å². The molecular formula is C23H14Cl4N2O2. The molecule has 156 valence electrons. The van der Waals surface area contributed by atoms with Gasteiger partial charge in [-0.2, -0.15) is 5.26 Å². The highest BCUT2D eigenvalue weighted by Crippen LogP contribution is 2.34. The van der Waals surface area contributed by atoms with Gasteiger partial charge in [0.1, 0.15) is 24.0 Å². The molecule has 0 fully saturated rings. The molecule has 0 atom stereocenters. The molecule has 0 heterocycles. The second-order valence-corrected chi connectivity index (χ2v) is 8.07. The van der Waals surface area contributed by atoms with Crippen molar-refractivity contribution >= 4 is 64.1 Å². The quantitative estimate of drug-likeness (QED) is 0.288. The number of hydrogen-bond acceptors (Lipinski definition) is 3. The van der Waals surface area contributed by atoms with Crippen molar-refractivity contribution in [1.29, 1.82) is 5.26 Å². The second-order valence-electron chi connectivity index (χ2n) is 6.36. The number of hydrogen-bond donors (Lipinski definition) is 1. The summed E-state index contributed by atoms with van der Waals surface area (Å²) in [6.45, 7) is 0.204. The van der Waals surface area contributed by atoms with Crippen molar-refractivity contribution in [1.82, 2.24) is 0 Å². The lowest BCUT2D eigenvalue weighted by molar-refractivity contribution is -0.112. The van der Waals surface area contributed by atoms with Gasteiger partial charge in [-0.05, 0) is 54.1 Å². The third-order valence-corrected chi connectivity index (χ3v) is 5.07. The SMILES string of the molecule is N#C/C(=C\c1cc(Cl)cc(Cl)c1OCc1ccc(Cl)cc1)C(=O)Nc1cccc(Cl)c1. The van der Waals surface area contributed by atoms with Gasteiger partial charge in [0.2, 0.25) is 0 Å². The van der Waals surface area contributed by atoms with Crippen LogP contribution in [0.1, 0.15) is 11.1 Å². The number of nitriles is 1. The molecule has 1 amide bonds. The van der Waals surface area contributed by atoms with E-state index in [1.165, 1.54) is 12.1 Å². The summed E-state index contributed by atoms with van der Waals surface area (Å²) >= 11 is 24.3. The average molecular weight is 492 g/mol. The highest BCUT2D eigenvalue weighted by molar-refractivity contribution is 6.36. The number of nitrogens with one attached hydrogen (secondary N) is 1. The number of carbonyl (C=O) groups excluding carboxylic acids is 1. The molecule has 0 spiro atoms. The van der Waals surface area contributed by atoms with Crippen molar-refractivity contribution in [2.45, 2.75) is 6.61 Å². The van der Waals surface area contributed by atoms with Gasteiger partial charge in [-0.3, -0.25) is 4.79 Å². The van der Waals surface area contributed by atoms with E-state index in [9.17, 15) is 10.1 Å². The highest BCUT2D eigenvalue weighted by atomic mass is 35.5. The predicted octanol–water partition coefficient (Wildman–Crippen LogP) is 7.42. The van der Waals surface area contributed by atoms with E-state index in [1.54, 1.807) is 42.5 Å². The van der Waals surface area contributed by atoms with E-state index >= 15 is 0 Å². The third-order valence-electron chi connectivity index (χ3n) is 4.08. The number of rotatable bonds is 6. The molecule has 4 nitrogen and oxygen atoms in total. The van der Waals surface area contributed by atoms with Crippen LogP contribution in [0, 0.1) is 11.3 Å². The van der Waals surface area contributed by atoms with Gasteiger partial charge in [0.15, 0.2) is 0 Å². The number of carbonyl (C=O) groups is 1. The van der Waals surface area contributed by atoms with Gasteiger partial charge in [0, 0.05) is 26.3 Å². The fraction of sp³-hybridized carbons (Fsp3) is 0.0435. The van der Waals surface area contributed by atoms with Gasteiger partial charge in [-0.25, -0.2) is 0 Å². The Labute approximate surface area is 199 Å². The first-order chi connectivity index (χ1) is 14.9. The summed E-state index contributed by atoms with van der Waals surface area (Å²) in [4.78, 5) is 12.6. The molecule has 1 N–H and O–H groups in total. The molecule has 3 rings (SSSR count). The molecule has 31 heavy (non-hydrogen) atoms. The van der Waals surface area contributed by atoms with Crippen molar-refractivity contribution < 1.29 is 9.53 Å². The minimum atomic E-state index is -0.607. The second kappa shape index (κ2) is 10.6. The number of halogens is 4. The third kappa shape index (κ3) is 6.40. The smallest absolute Gasteiger partial charge is 0.266 e. The summed E-state index contributed by atoms with van der Waals surface area (Å²) in [7, 11) is 0. The summed E-state index contributed by atoms with van der Waals surface area (Å²) in [6.07, 6.45) is 1.37. The molecule has 0 aliphatic rings. The lowest BCUT2D eigenvalue weighted by atomic mass is 10.1. The fourth-order valence-corrected chi connectivity index (χ4v) is 3.52. The van der Waals surface area contributed by atoms with Gasteiger partial charge in [-0.1, -0.05) is 64.6 Å². The van der Waals surface area contributed by atoms with Crippen LogP contribution in [0.25, 0.3) is 6.08 Å². The molecular weight excluding hydrogens is 478 g/mol. The first-order valence-corrected chi connectivity index (χ1v) is 10.4. The fourth-order valence-electron chi connectivity index (χ4n) is 2.64. The van der Waals surface area contributed by atoms with Crippen molar-refractivity contribution in [2.24, 2.45) is 0 Å². The lowest BCUT2D eigenvalue weighted by Crippen LogP contribution is -2.13. The van der Waals surface area contributed by atoms with Crippen LogP contribution in [-0.2, 0) is 11.4 Å². The predicted molar refractivity (Wildman–Crippen MR) is 126 cm³/mol. The van der Waals surface area contributed by atoms with Crippen LogP contribution in [-0.4, -0.2) is 5.91 Å². The van der Waals surface area contributed by atoms with E-state index in [1.807, 2.05) is 18.2 Å². The maximum Gasteiger partial charge on any atom is 0.266 e. The summed E-state index contributed by atoms with van der Waals surface area (Å²) in [5.41, 5.74) is 1.56. The van der Waals surface area contributed by atoms with Gasteiger partial charge < -0.3 is 10.1 Å². The van der Waals surface area contributed by atoms with Crippen molar-refractivity contribution in [3.05, 3.63) is 97.5 Å². The summed E-state index contributed by atoms with van der Waals surface area (Å²) in [5, 5.41) is 13.8. The van der Waals surface area contributed by atoms with Crippen LogP contribution < -0.4 is 10.1 Å². The molecule has 0 aliphatic carbocycles. The van der Waals surface area contributed by atoms with Gasteiger partial charge in [0.25, 0.3) is 5.91 Å². The summed E-state index contributed by atoms with van der Waals surface area (Å²) < 4.78 is 5.87. The Morgan fingerprint density at radius 3 is 2.39 bits per heavy atom. The van der Waals surface area contributed by atoms with Crippen LogP contribution in [0.3, 0.4) is 0 Å². The maximum absolute atomic E-state index is 12.6. The molecule has 3 aromatic carbocycles. The van der Waals surface area contributed by atoms with Crippen molar-refractivity contribution in [2.75, 3.05) is 5.32 Å². The maximum atomic E-state index is 12.6. The monoisotopic (exact) mass is 490 g/mol. The van der Waals surface area contributed by atoms with Crippen LogP contribution in [0.4, 0.5) is 5.69 Å².